The zero-order valence-corrected chi connectivity index (χ0v) is 17.8. The smallest absolute Gasteiger partial charge is 0.343 e. The molecule has 0 bridgehead atoms. The van der Waals surface area contributed by atoms with Crippen molar-refractivity contribution in [1.29, 1.82) is 0 Å². The number of hydrogen-bond acceptors (Lipinski definition) is 5. The second-order valence-electron chi connectivity index (χ2n) is 6.23. The van der Waals surface area contributed by atoms with Crippen molar-refractivity contribution < 1.29 is 14.3 Å². The summed E-state index contributed by atoms with van der Waals surface area (Å²) in [6.45, 7) is 0.156. The molecule has 154 valence electrons. The molecule has 2 aromatic carbocycles. The number of methoxy groups -OCH3 is 2. The van der Waals surface area contributed by atoms with Gasteiger partial charge in [0.1, 0.15) is 11.3 Å². The van der Waals surface area contributed by atoms with Crippen LogP contribution in [0.25, 0.3) is 17.3 Å². The monoisotopic (exact) mass is 444 g/mol. The van der Waals surface area contributed by atoms with Gasteiger partial charge in [0, 0.05) is 10.6 Å². The number of carbonyl (C=O) groups is 1. The Kier molecular flexibility index (Phi) is 6.92. The fourth-order valence-corrected chi connectivity index (χ4v) is 3.13. The van der Waals surface area contributed by atoms with E-state index in [-0.39, 0.29) is 12.1 Å². The molecule has 0 fully saturated rings. The minimum atomic E-state index is -0.737. The predicted molar refractivity (Wildman–Crippen MR) is 117 cm³/mol. The average Bonchev–Trinajstić information content (AvgIpc) is 2.75. The van der Waals surface area contributed by atoms with Crippen LogP contribution in [0.15, 0.2) is 59.4 Å². The van der Waals surface area contributed by atoms with Crippen molar-refractivity contribution in [3.05, 3.63) is 86.1 Å². The van der Waals surface area contributed by atoms with Gasteiger partial charge in [0.05, 0.1) is 31.5 Å². The van der Waals surface area contributed by atoms with Crippen molar-refractivity contribution in [2.45, 2.75) is 6.54 Å². The lowest BCUT2D eigenvalue weighted by atomic mass is 10.1. The normalized spacial score (nSPS) is 10.9. The number of hydrogen-bond donors (Lipinski definition) is 0. The van der Waals surface area contributed by atoms with E-state index in [2.05, 4.69) is 5.10 Å². The third kappa shape index (κ3) is 4.90. The molecule has 0 radical (unpaired) electrons. The van der Waals surface area contributed by atoms with E-state index in [9.17, 15) is 9.59 Å². The molecule has 3 rings (SSSR count). The highest BCUT2D eigenvalue weighted by Crippen LogP contribution is 2.29. The molecule has 0 unspecified atom stereocenters. The summed E-state index contributed by atoms with van der Waals surface area (Å²) in [6, 6.07) is 13.7. The van der Waals surface area contributed by atoms with E-state index in [4.69, 9.17) is 32.7 Å². The Morgan fingerprint density at radius 2 is 1.83 bits per heavy atom. The van der Waals surface area contributed by atoms with E-state index >= 15 is 0 Å². The minimum Gasteiger partial charge on any atom is -0.495 e. The quantitative estimate of drug-likeness (QED) is 0.514. The van der Waals surface area contributed by atoms with Crippen molar-refractivity contribution in [1.82, 2.24) is 9.78 Å². The molecule has 0 aliphatic rings. The van der Waals surface area contributed by atoms with Crippen LogP contribution >= 0.6 is 23.2 Å². The van der Waals surface area contributed by atoms with Crippen LogP contribution in [0.5, 0.6) is 5.75 Å². The third-order valence-electron chi connectivity index (χ3n) is 4.29. The van der Waals surface area contributed by atoms with Gasteiger partial charge >= 0.3 is 5.97 Å². The second-order valence-corrected chi connectivity index (χ2v) is 7.07. The fourth-order valence-electron chi connectivity index (χ4n) is 2.75. The van der Waals surface area contributed by atoms with Gasteiger partial charge in [-0.1, -0.05) is 47.5 Å². The van der Waals surface area contributed by atoms with Gasteiger partial charge in [-0.15, -0.1) is 0 Å². The number of halogens is 2. The Bertz CT molecular complexity index is 1150. The van der Waals surface area contributed by atoms with E-state index in [1.807, 2.05) is 18.2 Å². The summed E-state index contributed by atoms with van der Waals surface area (Å²) in [4.78, 5) is 24.8. The summed E-state index contributed by atoms with van der Waals surface area (Å²) in [6.07, 6.45) is 3.60. The minimum absolute atomic E-state index is 0.116. The lowest BCUT2D eigenvalue weighted by molar-refractivity contribution is 0.0597. The number of rotatable bonds is 6. The van der Waals surface area contributed by atoms with E-state index < -0.39 is 11.5 Å². The van der Waals surface area contributed by atoms with Crippen molar-refractivity contribution >= 4 is 35.2 Å². The molecule has 6 nitrogen and oxygen atoms in total. The number of allylic oxidation sites excluding steroid dienone is 1. The summed E-state index contributed by atoms with van der Waals surface area (Å²) in [5.74, 6) is -0.230. The summed E-state index contributed by atoms with van der Waals surface area (Å²) >= 11 is 12.1. The SMILES string of the molecule is COC(=O)c1cc(-c2ccc(OC)c(Cl)c2)nn(C/C=C/c2ccc(Cl)cc2)c1=O. The first-order valence-electron chi connectivity index (χ1n) is 8.89. The number of aromatic nitrogens is 2. The third-order valence-corrected chi connectivity index (χ3v) is 4.83. The van der Waals surface area contributed by atoms with Gasteiger partial charge in [-0.25, -0.2) is 9.48 Å². The Hall–Kier alpha value is -3.09. The highest BCUT2D eigenvalue weighted by Gasteiger charge is 2.17. The largest absolute Gasteiger partial charge is 0.495 e. The van der Waals surface area contributed by atoms with Gasteiger partial charge in [0.2, 0.25) is 0 Å². The Morgan fingerprint density at radius 3 is 2.47 bits per heavy atom. The van der Waals surface area contributed by atoms with Crippen molar-refractivity contribution in [3.8, 4) is 17.0 Å². The predicted octanol–water partition coefficient (Wildman–Crippen LogP) is 4.73. The van der Waals surface area contributed by atoms with E-state index in [1.54, 1.807) is 36.4 Å². The molecule has 0 aliphatic carbocycles. The van der Waals surface area contributed by atoms with Crippen LogP contribution in [0.2, 0.25) is 10.0 Å². The molecule has 0 N–H and O–H groups in total. The first kappa shape index (κ1) is 21.6. The average molecular weight is 445 g/mol. The maximum atomic E-state index is 12.7. The lowest BCUT2D eigenvalue weighted by Crippen LogP contribution is -2.29. The zero-order valence-electron chi connectivity index (χ0n) is 16.3. The second kappa shape index (κ2) is 9.61. The Morgan fingerprint density at radius 1 is 1.10 bits per heavy atom. The summed E-state index contributed by atoms with van der Waals surface area (Å²) < 4.78 is 11.1. The number of esters is 1. The van der Waals surface area contributed by atoms with Crippen LogP contribution in [0, 0.1) is 0 Å². The number of nitrogens with zero attached hydrogens (tertiary/aromatic N) is 2. The molecule has 30 heavy (non-hydrogen) atoms. The van der Waals surface area contributed by atoms with Crippen LogP contribution in [-0.2, 0) is 11.3 Å². The molecule has 0 atom stereocenters. The molecule has 1 aromatic heterocycles. The Labute approximate surface area is 183 Å². The highest BCUT2D eigenvalue weighted by atomic mass is 35.5. The van der Waals surface area contributed by atoms with Gasteiger partial charge in [-0.2, -0.15) is 5.10 Å². The van der Waals surface area contributed by atoms with Gasteiger partial charge in [-0.3, -0.25) is 4.79 Å². The molecule has 0 spiro atoms. The summed E-state index contributed by atoms with van der Waals surface area (Å²) in [5, 5.41) is 5.41. The van der Waals surface area contributed by atoms with Crippen molar-refractivity contribution in [2.24, 2.45) is 0 Å². The van der Waals surface area contributed by atoms with Crippen molar-refractivity contribution in [2.75, 3.05) is 14.2 Å². The molecule has 3 aromatic rings. The van der Waals surface area contributed by atoms with E-state index in [1.165, 1.54) is 25.0 Å². The standard InChI is InChI=1S/C22H18Cl2N2O4/c1-29-20-10-7-15(12-18(20)24)19-13-17(22(28)30-2)21(27)26(25-19)11-3-4-14-5-8-16(23)9-6-14/h3-10,12-13H,11H2,1-2H3/b4-3+. The summed E-state index contributed by atoms with van der Waals surface area (Å²) in [5.41, 5.74) is 1.28. The molecule has 0 saturated heterocycles. The first-order valence-corrected chi connectivity index (χ1v) is 9.65. The van der Waals surface area contributed by atoms with Crippen LogP contribution in [0.4, 0.5) is 0 Å². The number of ether oxygens (including phenoxy) is 2. The number of carbonyl (C=O) groups excluding carboxylic acids is 1. The van der Waals surface area contributed by atoms with Crippen molar-refractivity contribution in [3.63, 3.8) is 0 Å². The van der Waals surface area contributed by atoms with Gasteiger partial charge in [-0.05, 0) is 42.0 Å². The van der Waals surface area contributed by atoms with Crippen LogP contribution in [0.1, 0.15) is 15.9 Å². The van der Waals surface area contributed by atoms with Crippen LogP contribution in [-0.4, -0.2) is 30.0 Å². The maximum Gasteiger partial charge on any atom is 0.343 e. The van der Waals surface area contributed by atoms with Gasteiger partial charge in [0.15, 0.2) is 0 Å². The fraction of sp³-hybridized carbons (Fsp3) is 0.136. The first-order chi connectivity index (χ1) is 14.4. The molecule has 0 aliphatic heterocycles. The molecule has 0 amide bonds. The van der Waals surface area contributed by atoms with Gasteiger partial charge in [0.25, 0.3) is 5.56 Å². The molecular formula is C22H18Cl2N2O4. The molecule has 8 heteroatoms. The van der Waals surface area contributed by atoms with Crippen LogP contribution in [0.3, 0.4) is 0 Å². The molecule has 1 heterocycles. The van der Waals surface area contributed by atoms with Gasteiger partial charge < -0.3 is 9.47 Å². The van der Waals surface area contributed by atoms with Crippen LogP contribution < -0.4 is 10.3 Å². The Balaban J connectivity index is 2.00. The molecule has 0 saturated carbocycles. The maximum absolute atomic E-state index is 12.7. The summed E-state index contributed by atoms with van der Waals surface area (Å²) in [7, 11) is 2.73. The molecular weight excluding hydrogens is 427 g/mol. The van der Waals surface area contributed by atoms with E-state index in [0.717, 1.165) is 5.56 Å². The topological polar surface area (TPSA) is 70.4 Å². The zero-order chi connectivity index (χ0) is 21.7. The number of benzene rings is 2. The highest BCUT2D eigenvalue weighted by molar-refractivity contribution is 6.32. The van der Waals surface area contributed by atoms with E-state index in [0.29, 0.717) is 27.1 Å². The lowest BCUT2D eigenvalue weighted by Gasteiger charge is -2.10.